The quantitative estimate of drug-likeness (QED) is 0.555. The van der Waals surface area contributed by atoms with E-state index in [0.717, 1.165) is 5.56 Å². The second-order valence-electron chi connectivity index (χ2n) is 8.02. The monoisotopic (exact) mass is 444 g/mol. The van der Waals surface area contributed by atoms with Crippen LogP contribution in [-0.2, 0) is 14.9 Å². The van der Waals surface area contributed by atoms with Crippen LogP contribution in [0.3, 0.4) is 0 Å². The normalized spacial score (nSPS) is 13.0. The van der Waals surface area contributed by atoms with Crippen LogP contribution in [0.2, 0.25) is 0 Å². The molecule has 31 heavy (non-hydrogen) atoms. The van der Waals surface area contributed by atoms with Crippen molar-refractivity contribution in [3.8, 4) is 11.3 Å². The zero-order valence-electron chi connectivity index (χ0n) is 17.6. The van der Waals surface area contributed by atoms with Crippen molar-refractivity contribution in [3.63, 3.8) is 0 Å². The maximum absolute atomic E-state index is 12.2. The summed E-state index contributed by atoms with van der Waals surface area (Å²) in [6, 6.07) is 13.6. The molecule has 0 saturated carbocycles. The number of H-pyrrole nitrogens is 1. The third-order valence-corrected chi connectivity index (χ3v) is 5.43. The standard InChI is InChI=1S/C21H24N4O5S/c1-13(24-31(28,29)25-20(27)30-21(2,3)4)14-9-11-15(12-10-14)18-16-7-5-6-8-17(16)19(26)23-22-18/h5-13,24H,1-4H3,(H,23,26)(H,25,27)/t13-/m1/s1. The Hall–Kier alpha value is -3.24. The lowest BCUT2D eigenvalue weighted by molar-refractivity contribution is 0.0569. The predicted octanol–water partition coefficient (Wildman–Crippen LogP) is 3.01. The Kier molecular flexibility index (Phi) is 6.14. The average Bonchev–Trinajstić information content (AvgIpc) is 2.66. The lowest BCUT2D eigenvalue weighted by atomic mass is 10.0. The van der Waals surface area contributed by atoms with Gasteiger partial charge in [0.15, 0.2) is 0 Å². The lowest BCUT2D eigenvalue weighted by Gasteiger charge is -2.20. The molecule has 0 aliphatic carbocycles. The van der Waals surface area contributed by atoms with Crippen LogP contribution in [0.5, 0.6) is 0 Å². The number of aromatic amines is 1. The molecule has 3 rings (SSSR count). The van der Waals surface area contributed by atoms with Crippen LogP contribution in [0, 0.1) is 0 Å². The Bertz CT molecular complexity index is 1260. The van der Waals surface area contributed by atoms with Gasteiger partial charge in [0.1, 0.15) is 5.60 Å². The van der Waals surface area contributed by atoms with Crippen molar-refractivity contribution in [3.05, 3.63) is 64.4 Å². The minimum absolute atomic E-state index is 0.267. The topological polar surface area (TPSA) is 130 Å². The molecule has 1 heterocycles. The van der Waals surface area contributed by atoms with Crippen LogP contribution < -0.4 is 15.0 Å². The van der Waals surface area contributed by atoms with Gasteiger partial charge in [0.2, 0.25) is 0 Å². The molecule has 0 aliphatic heterocycles. The fourth-order valence-corrected chi connectivity index (χ4v) is 3.92. The van der Waals surface area contributed by atoms with Crippen LogP contribution in [-0.4, -0.2) is 30.3 Å². The van der Waals surface area contributed by atoms with Crippen LogP contribution >= 0.6 is 0 Å². The van der Waals surface area contributed by atoms with E-state index in [4.69, 9.17) is 4.74 Å². The smallest absolute Gasteiger partial charge is 0.422 e. The number of nitrogens with zero attached hydrogens (tertiary/aromatic N) is 1. The van der Waals surface area contributed by atoms with Crippen LogP contribution in [0.1, 0.15) is 39.3 Å². The summed E-state index contributed by atoms with van der Waals surface area (Å²) in [5.41, 5.74) is 0.962. The summed E-state index contributed by atoms with van der Waals surface area (Å²) < 4.78 is 33.6. The molecule has 0 unspecified atom stereocenters. The van der Waals surface area contributed by atoms with Crippen LogP contribution in [0.15, 0.2) is 53.3 Å². The van der Waals surface area contributed by atoms with Crippen LogP contribution in [0.4, 0.5) is 4.79 Å². The maximum atomic E-state index is 12.2. The second kappa shape index (κ2) is 8.48. The van der Waals surface area contributed by atoms with E-state index >= 15 is 0 Å². The molecule has 3 N–H and O–H groups in total. The number of carbonyl (C=O) groups is 1. The predicted molar refractivity (Wildman–Crippen MR) is 118 cm³/mol. The minimum Gasteiger partial charge on any atom is -0.443 e. The zero-order chi connectivity index (χ0) is 22.8. The van der Waals surface area contributed by atoms with Gasteiger partial charge in [0, 0.05) is 17.0 Å². The molecule has 1 aromatic heterocycles. The number of rotatable bonds is 5. The molecule has 1 amide bonds. The summed E-state index contributed by atoms with van der Waals surface area (Å²) >= 11 is 0. The van der Waals surface area contributed by atoms with Crippen molar-refractivity contribution >= 4 is 27.1 Å². The van der Waals surface area contributed by atoms with Gasteiger partial charge in [-0.15, -0.1) is 0 Å². The van der Waals surface area contributed by atoms with E-state index in [2.05, 4.69) is 14.9 Å². The van der Waals surface area contributed by atoms with E-state index < -0.39 is 27.9 Å². The molecule has 0 spiro atoms. The van der Waals surface area contributed by atoms with Gasteiger partial charge in [-0.05, 0) is 39.3 Å². The maximum Gasteiger partial charge on any atom is 0.422 e. The molecule has 0 saturated heterocycles. The number of nitrogens with one attached hydrogen (secondary N) is 3. The highest BCUT2D eigenvalue weighted by Crippen LogP contribution is 2.25. The molecule has 0 bridgehead atoms. The van der Waals surface area contributed by atoms with Gasteiger partial charge < -0.3 is 4.74 Å². The van der Waals surface area contributed by atoms with Crippen molar-refractivity contribution in [2.45, 2.75) is 39.3 Å². The van der Waals surface area contributed by atoms with E-state index in [1.165, 1.54) is 0 Å². The molecule has 1 atom stereocenters. The first-order valence-electron chi connectivity index (χ1n) is 9.56. The Morgan fingerprint density at radius 1 is 1.06 bits per heavy atom. The van der Waals surface area contributed by atoms with Gasteiger partial charge in [0.25, 0.3) is 5.56 Å². The Labute approximate surface area is 180 Å². The van der Waals surface area contributed by atoms with Gasteiger partial charge in [-0.3, -0.25) is 4.79 Å². The average molecular weight is 445 g/mol. The van der Waals surface area contributed by atoms with E-state index in [1.54, 1.807) is 64.1 Å². The number of benzene rings is 2. The number of aromatic nitrogens is 2. The molecule has 10 heteroatoms. The molecular weight excluding hydrogens is 420 g/mol. The summed E-state index contributed by atoms with van der Waals surface area (Å²) in [4.78, 5) is 23.7. The lowest BCUT2D eigenvalue weighted by Crippen LogP contribution is -2.43. The molecule has 9 nitrogen and oxygen atoms in total. The summed E-state index contributed by atoms with van der Waals surface area (Å²) in [5.74, 6) is 0. The Balaban J connectivity index is 1.77. The van der Waals surface area contributed by atoms with Gasteiger partial charge >= 0.3 is 16.3 Å². The van der Waals surface area contributed by atoms with Crippen molar-refractivity contribution in [1.29, 1.82) is 0 Å². The highest BCUT2D eigenvalue weighted by atomic mass is 32.2. The zero-order valence-corrected chi connectivity index (χ0v) is 18.4. The number of carbonyl (C=O) groups excluding carboxylic acids is 1. The molecule has 0 radical (unpaired) electrons. The Morgan fingerprint density at radius 2 is 1.68 bits per heavy atom. The minimum atomic E-state index is -4.12. The Morgan fingerprint density at radius 3 is 2.29 bits per heavy atom. The van der Waals surface area contributed by atoms with E-state index in [0.29, 0.717) is 22.0 Å². The third kappa shape index (κ3) is 5.68. The summed E-state index contributed by atoms with van der Waals surface area (Å²) in [6.45, 7) is 6.56. The van der Waals surface area contributed by atoms with Crippen molar-refractivity contribution in [1.82, 2.24) is 19.6 Å². The molecule has 164 valence electrons. The van der Waals surface area contributed by atoms with Gasteiger partial charge in [-0.25, -0.2) is 14.6 Å². The van der Waals surface area contributed by atoms with E-state index in [9.17, 15) is 18.0 Å². The highest BCUT2D eigenvalue weighted by molar-refractivity contribution is 7.88. The molecule has 0 aliphatic rings. The first-order valence-corrected chi connectivity index (χ1v) is 11.0. The van der Waals surface area contributed by atoms with Gasteiger partial charge in [-0.2, -0.15) is 18.2 Å². The number of hydrogen-bond donors (Lipinski definition) is 3. The fraction of sp³-hybridized carbons (Fsp3) is 0.286. The highest BCUT2D eigenvalue weighted by Gasteiger charge is 2.23. The van der Waals surface area contributed by atoms with E-state index in [-0.39, 0.29) is 5.56 Å². The van der Waals surface area contributed by atoms with Gasteiger partial charge in [-0.1, -0.05) is 42.5 Å². The number of ether oxygens (including phenoxy) is 1. The van der Waals surface area contributed by atoms with E-state index in [1.807, 2.05) is 16.9 Å². The van der Waals surface area contributed by atoms with Crippen molar-refractivity contribution in [2.75, 3.05) is 0 Å². The summed E-state index contributed by atoms with van der Waals surface area (Å²) in [7, 11) is -4.12. The summed E-state index contributed by atoms with van der Waals surface area (Å²) in [5, 5.41) is 7.91. The SMILES string of the molecule is C[C@@H](NS(=O)(=O)NC(=O)OC(C)(C)C)c1ccc(-c2n[nH]c(=O)c3ccccc23)cc1. The first-order chi connectivity index (χ1) is 14.5. The largest absolute Gasteiger partial charge is 0.443 e. The third-order valence-electron chi connectivity index (χ3n) is 4.33. The van der Waals surface area contributed by atoms with Crippen molar-refractivity contribution in [2.24, 2.45) is 0 Å². The van der Waals surface area contributed by atoms with Gasteiger partial charge in [0.05, 0.1) is 11.1 Å². The molecule has 0 fully saturated rings. The molecular formula is C21H24N4O5S. The summed E-state index contributed by atoms with van der Waals surface area (Å²) in [6.07, 6.45) is -1.06. The number of amides is 1. The number of fused-ring (bicyclic) bond motifs is 1. The number of hydrogen-bond acceptors (Lipinski definition) is 6. The molecule has 3 aromatic rings. The van der Waals surface area contributed by atoms with Crippen molar-refractivity contribution < 1.29 is 17.9 Å². The first kappa shape index (κ1) is 22.4. The molecule has 2 aromatic carbocycles. The fourth-order valence-electron chi connectivity index (χ4n) is 3.00. The van der Waals surface area contributed by atoms with Crippen LogP contribution in [0.25, 0.3) is 22.0 Å². The second-order valence-corrected chi connectivity index (χ2v) is 9.46.